The number of hydrogen-bond acceptors (Lipinski definition) is 3. The molecule has 2 rings (SSSR count). The second kappa shape index (κ2) is 5.92. The van der Waals surface area contributed by atoms with E-state index in [2.05, 4.69) is 53.2 Å². The van der Waals surface area contributed by atoms with Crippen LogP contribution >= 0.6 is 0 Å². The summed E-state index contributed by atoms with van der Waals surface area (Å²) in [6.45, 7) is 11.0. The monoisotopic (exact) mass is 233 g/mol. The zero-order chi connectivity index (χ0) is 12.1. The van der Waals surface area contributed by atoms with E-state index in [9.17, 15) is 0 Å². The van der Waals surface area contributed by atoms with Gasteiger partial charge in [0.1, 0.15) is 0 Å². The van der Waals surface area contributed by atoms with Gasteiger partial charge in [-0.05, 0) is 26.0 Å². The van der Waals surface area contributed by atoms with Gasteiger partial charge in [0, 0.05) is 39.3 Å². The summed E-state index contributed by atoms with van der Waals surface area (Å²) in [5, 5.41) is 3.41. The van der Waals surface area contributed by atoms with Gasteiger partial charge in [0.15, 0.2) is 0 Å². The number of benzene rings is 1. The highest BCUT2D eigenvalue weighted by molar-refractivity contribution is 5.71. The standard InChI is InChI=1S/C14H23N3/c1-3-16(4-2)13-7-5-6-8-14(13)17-11-9-15-10-12-17/h5-8,15H,3-4,9-12H2,1-2H3. The van der Waals surface area contributed by atoms with E-state index in [1.54, 1.807) is 0 Å². The van der Waals surface area contributed by atoms with E-state index in [0.29, 0.717) is 0 Å². The molecule has 0 amide bonds. The number of nitrogens with one attached hydrogen (secondary N) is 1. The van der Waals surface area contributed by atoms with Crippen molar-refractivity contribution in [1.82, 2.24) is 5.32 Å². The van der Waals surface area contributed by atoms with Crippen molar-refractivity contribution in [1.29, 1.82) is 0 Å². The third-order valence-corrected chi connectivity index (χ3v) is 3.44. The molecule has 3 heteroatoms. The van der Waals surface area contributed by atoms with Gasteiger partial charge in [-0.2, -0.15) is 0 Å². The fourth-order valence-corrected chi connectivity index (χ4v) is 2.47. The lowest BCUT2D eigenvalue weighted by Crippen LogP contribution is -2.44. The van der Waals surface area contributed by atoms with E-state index < -0.39 is 0 Å². The Balaban J connectivity index is 2.25. The highest BCUT2D eigenvalue weighted by Crippen LogP contribution is 2.29. The molecule has 1 aliphatic rings. The molecule has 0 saturated carbocycles. The lowest BCUT2D eigenvalue weighted by molar-refractivity contribution is 0.589. The molecule has 1 aromatic carbocycles. The third kappa shape index (κ3) is 2.72. The smallest absolute Gasteiger partial charge is 0.0604 e. The highest BCUT2D eigenvalue weighted by Gasteiger charge is 2.15. The summed E-state index contributed by atoms with van der Waals surface area (Å²) in [5.41, 5.74) is 2.76. The number of piperazine rings is 1. The van der Waals surface area contributed by atoms with Crippen LogP contribution in [0.15, 0.2) is 24.3 Å². The molecular formula is C14H23N3. The largest absolute Gasteiger partial charge is 0.370 e. The summed E-state index contributed by atoms with van der Waals surface area (Å²) in [6.07, 6.45) is 0. The van der Waals surface area contributed by atoms with E-state index in [1.165, 1.54) is 11.4 Å². The number of anilines is 2. The molecule has 0 spiro atoms. The van der Waals surface area contributed by atoms with Gasteiger partial charge in [-0.15, -0.1) is 0 Å². The van der Waals surface area contributed by atoms with Gasteiger partial charge in [-0.3, -0.25) is 0 Å². The van der Waals surface area contributed by atoms with Crippen molar-refractivity contribution in [3.8, 4) is 0 Å². The molecule has 1 aromatic rings. The Morgan fingerprint density at radius 1 is 1.12 bits per heavy atom. The van der Waals surface area contributed by atoms with E-state index in [4.69, 9.17) is 0 Å². The van der Waals surface area contributed by atoms with Crippen LogP contribution < -0.4 is 15.1 Å². The molecule has 0 unspecified atom stereocenters. The van der Waals surface area contributed by atoms with Crippen molar-refractivity contribution in [2.24, 2.45) is 0 Å². The van der Waals surface area contributed by atoms with Crippen molar-refractivity contribution in [3.63, 3.8) is 0 Å². The Bertz CT molecular complexity index is 341. The van der Waals surface area contributed by atoms with Gasteiger partial charge in [-0.25, -0.2) is 0 Å². The summed E-state index contributed by atoms with van der Waals surface area (Å²) >= 11 is 0. The predicted octanol–water partition coefficient (Wildman–Crippen LogP) is 1.94. The molecule has 1 heterocycles. The quantitative estimate of drug-likeness (QED) is 0.857. The van der Waals surface area contributed by atoms with Crippen molar-refractivity contribution in [2.75, 3.05) is 49.1 Å². The van der Waals surface area contributed by atoms with Crippen molar-refractivity contribution < 1.29 is 0 Å². The van der Waals surface area contributed by atoms with Gasteiger partial charge >= 0.3 is 0 Å². The number of hydrogen-bond donors (Lipinski definition) is 1. The summed E-state index contributed by atoms with van der Waals surface area (Å²) in [4.78, 5) is 4.92. The summed E-state index contributed by atoms with van der Waals surface area (Å²) in [5.74, 6) is 0. The lowest BCUT2D eigenvalue weighted by Gasteiger charge is -2.34. The molecule has 0 atom stereocenters. The Morgan fingerprint density at radius 2 is 1.76 bits per heavy atom. The first kappa shape index (κ1) is 12.2. The molecular weight excluding hydrogens is 210 g/mol. The average Bonchev–Trinajstić information content (AvgIpc) is 2.42. The Morgan fingerprint density at radius 3 is 2.41 bits per heavy atom. The van der Waals surface area contributed by atoms with E-state index in [-0.39, 0.29) is 0 Å². The maximum absolute atomic E-state index is 3.41. The molecule has 1 N–H and O–H groups in total. The van der Waals surface area contributed by atoms with Crippen LogP contribution in [0.25, 0.3) is 0 Å². The maximum atomic E-state index is 3.41. The fourth-order valence-electron chi connectivity index (χ4n) is 2.47. The Labute approximate surface area is 104 Å². The van der Waals surface area contributed by atoms with E-state index in [1.807, 2.05) is 0 Å². The zero-order valence-corrected chi connectivity index (χ0v) is 10.9. The van der Waals surface area contributed by atoms with Gasteiger partial charge < -0.3 is 15.1 Å². The van der Waals surface area contributed by atoms with Crippen LogP contribution in [0.1, 0.15) is 13.8 Å². The summed E-state index contributed by atoms with van der Waals surface area (Å²) in [7, 11) is 0. The molecule has 17 heavy (non-hydrogen) atoms. The second-order valence-corrected chi connectivity index (χ2v) is 4.40. The van der Waals surface area contributed by atoms with Crippen LogP contribution in [0.5, 0.6) is 0 Å². The van der Waals surface area contributed by atoms with Crippen molar-refractivity contribution >= 4 is 11.4 Å². The Kier molecular flexibility index (Phi) is 4.26. The Hall–Kier alpha value is -1.22. The minimum absolute atomic E-state index is 1.07. The number of para-hydroxylation sites is 2. The normalized spacial score (nSPS) is 16.0. The van der Waals surface area contributed by atoms with Crippen molar-refractivity contribution in [2.45, 2.75) is 13.8 Å². The number of nitrogens with zero attached hydrogens (tertiary/aromatic N) is 2. The summed E-state index contributed by atoms with van der Waals surface area (Å²) in [6, 6.07) is 8.77. The van der Waals surface area contributed by atoms with Crippen LogP contribution in [-0.4, -0.2) is 39.3 Å². The molecule has 1 saturated heterocycles. The van der Waals surface area contributed by atoms with Crippen LogP contribution in [0, 0.1) is 0 Å². The molecule has 1 aliphatic heterocycles. The maximum Gasteiger partial charge on any atom is 0.0604 e. The molecule has 0 aliphatic carbocycles. The molecule has 0 radical (unpaired) electrons. The SMILES string of the molecule is CCN(CC)c1ccccc1N1CCNCC1. The molecule has 0 bridgehead atoms. The summed E-state index contributed by atoms with van der Waals surface area (Å²) < 4.78 is 0. The molecule has 1 fully saturated rings. The first-order valence-corrected chi connectivity index (χ1v) is 6.66. The highest BCUT2D eigenvalue weighted by atomic mass is 15.2. The van der Waals surface area contributed by atoms with Crippen LogP contribution in [0.2, 0.25) is 0 Å². The predicted molar refractivity (Wildman–Crippen MR) is 75.1 cm³/mol. The molecule has 3 nitrogen and oxygen atoms in total. The van der Waals surface area contributed by atoms with Gasteiger partial charge in [0.2, 0.25) is 0 Å². The lowest BCUT2D eigenvalue weighted by atomic mass is 10.2. The van der Waals surface area contributed by atoms with Gasteiger partial charge in [0.25, 0.3) is 0 Å². The van der Waals surface area contributed by atoms with Gasteiger partial charge in [0.05, 0.1) is 11.4 Å². The molecule has 94 valence electrons. The second-order valence-electron chi connectivity index (χ2n) is 4.40. The van der Waals surface area contributed by atoms with Gasteiger partial charge in [-0.1, -0.05) is 12.1 Å². The van der Waals surface area contributed by atoms with Crippen molar-refractivity contribution in [3.05, 3.63) is 24.3 Å². The minimum Gasteiger partial charge on any atom is -0.370 e. The minimum atomic E-state index is 1.07. The number of rotatable bonds is 4. The van der Waals surface area contributed by atoms with E-state index in [0.717, 1.165) is 39.3 Å². The van der Waals surface area contributed by atoms with Crippen LogP contribution in [-0.2, 0) is 0 Å². The molecule has 0 aromatic heterocycles. The zero-order valence-electron chi connectivity index (χ0n) is 10.9. The fraction of sp³-hybridized carbons (Fsp3) is 0.571. The topological polar surface area (TPSA) is 18.5 Å². The van der Waals surface area contributed by atoms with Crippen LogP contribution in [0.4, 0.5) is 11.4 Å². The van der Waals surface area contributed by atoms with Crippen LogP contribution in [0.3, 0.4) is 0 Å². The average molecular weight is 233 g/mol. The first-order chi connectivity index (χ1) is 8.36. The van der Waals surface area contributed by atoms with E-state index >= 15 is 0 Å². The third-order valence-electron chi connectivity index (χ3n) is 3.44. The first-order valence-electron chi connectivity index (χ1n) is 6.66.